The van der Waals surface area contributed by atoms with E-state index in [1.165, 1.54) is 13.0 Å². The zero-order valence-electron chi connectivity index (χ0n) is 14.6. The van der Waals surface area contributed by atoms with Crippen molar-refractivity contribution < 1.29 is 18.0 Å². The molecule has 27 heavy (non-hydrogen) atoms. The zero-order valence-corrected chi connectivity index (χ0v) is 14.6. The minimum Gasteiger partial charge on any atom is -0.294 e. The fourth-order valence-electron chi connectivity index (χ4n) is 2.90. The SMILES string of the molecule is CC(=O)c1ccc(C(F)(F)F)cc1/C(=C/c1ccccc1)c1ccccc1. The van der Waals surface area contributed by atoms with Gasteiger partial charge in [-0.05, 0) is 47.4 Å². The van der Waals surface area contributed by atoms with Gasteiger partial charge in [-0.15, -0.1) is 0 Å². The highest BCUT2D eigenvalue weighted by Crippen LogP contribution is 2.35. The van der Waals surface area contributed by atoms with Crippen molar-refractivity contribution >= 4 is 17.4 Å². The standard InChI is InChI=1S/C23H17F3O/c1-16(27)20-13-12-19(23(24,25)26)15-22(20)21(18-10-6-3-7-11-18)14-17-8-4-2-5-9-17/h2-15H,1H3/b21-14+. The summed E-state index contributed by atoms with van der Waals surface area (Å²) in [6.45, 7) is 1.36. The molecule has 0 N–H and O–H groups in total. The fraction of sp³-hybridized carbons (Fsp3) is 0.0870. The molecule has 0 atom stereocenters. The summed E-state index contributed by atoms with van der Waals surface area (Å²) in [5, 5.41) is 0. The first-order chi connectivity index (χ1) is 12.9. The average molecular weight is 366 g/mol. The van der Waals surface area contributed by atoms with Crippen LogP contribution in [0.1, 0.15) is 39.5 Å². The van der Waals surface area contributed by atoms with Gasteiger partial charge in [-0.25, -0.2) is 0 Å². The van der Waals surface area contributed by atoms with Gasteiger partial charge in [0.15, 0.2) is 5.78 Å². The Hall–Kier alpha value is -3.14. The molecular formula is C23H17F3O. The number of hydrogen-bond acceptors (Lipinski definition) is 1. The van der Waals surface area contributed by atoms with E-state index in [2.05, 4.69) is 0 Å². The lowest BCUT2D eigenvalue weighted by molar-refractivity contribution is -0.137. The predicted molar refractivity (Wildman–Crippen MR) is 101 cm³/mol. The minimum atomic E-state index is -4.49. The van der Waals surface area contributed by atoms with Crippen molar-refractivity contribution in [1.82, 2.24) is 0 Å². The maximum absolute atomic E-state index is 13.3. The Bertz CT molecular complexity index is 972. The zero-order chi connectivity index (χ0) is 19.4. The van der Waals surface area contributed by atoms with Crippen LogP contribution in [0.2, 0.25) is 0 Å². The molecule has 136 valence electrons. The van der Waals surface area contributed by atoms with Crippen LogP contribution in [0, 0.1) is 0 Å². The van der Waals surface area contributed by atoms with E-state index in [0.29, 0.717) is 5.57 Å². The van der Waals surface area contributed by atoms with Crippen LogP contribution in [-0.4, -0.2) is 5.78 Å². The summed E-state index contributed by atoms with van der Waals surface area (Å²) in [6.07, 6.45) is -2.68. The first-order valence-corrected chi connectivity index (χ1v) is 8.41. The van der Waals surface area contributed by atoms with Crippen LogP contribution < -0.4 is 0 Å². The summed E-state index contributed by atoms with van der Waals surface area (Å²) in [4.78, 5) is 12.1. The summed E-state index contributed by atoms with van der Waals surface area (Å²) < 4.78 is 39.9. The number of hydrogen-bond donors (Lipinski definition) is 0. The molecule has 0 spiro atoms. The van der Waals surface area contributed by atoms with Gasteiger partial charge in [0.25, 0.3) is 0 Å². The number of alkyl halides is 3. The lowest BCUT2D eigenvalue weighted by Crippen LogP contribution is -2.08. The molecule has 0 radical (unpaired) electrons. The summed E-state index contributed by atoms with van der Waals surface area (Å²) in [5.74, 6) is -0.284. The van der Waals surface area contributed by atoms with Crippen LogP contribution in [-0.2, 0) is 6.18 Å². The normalized spacial score (nSPS) is 12.1. The first-order valence-electron chi connectivity index (χ1n) is 8.41. The van der Waals surface area contributed by atoms with Crippen LogP contribution in [0.25, 0.3) is 11.6 Å². The second-order valence-electron chi connectivity index (χ2n) is 6.15. The Morgan fingerprint density at radius 2 is 1.41 bits per heavy atom. The van der Waals surface area contributed by atoms with Crippen LogP contribution >= 0.6 is 0 Å². The fourth-order valence-corrected chi connectivity index (χ4v) is 2.90. The molecule has 0 aliphatic rings. The maximum atomic E-state index is 13.3. The molecule has 3 rings (SSSR count). The largest absolute Gasteiger partial charge is 0.416 e. The lowest BCUT2D eigenvalue weighted by Gasteiger charge is -2.16. The molecular weight excluding hydrogens is 349 g/mol. The van der Waals surface area contributed by atoms with Crippen LogP contribution in [0.15, 0.2) is 78.9 Å². The van der Waals surface area contributed by atoms with Crippen molar-refractivity contribution in [3.05, 3.63) is 107 Å². The highest BCUT2D eigenvalue weighted by Gasteiger charge is 2.31. The molecule has 3 aromatic carbocycles. The molecule has 0 heterocycles. The molecule has 0 aliphatic heterocycles. The second kappa shape index (κ2) is 7.62. The van der Waals surface area contributed by atoms with E-state index in [0.717, 1.165) is 23.3 Å². The maximum Gasteiger partial charge on any atom is 0.416 e. The van der Waals surface area contributed by atoms with Crippen LogP contribution in [0.4, 0.5) is 13.2 Å². The molecule has 0 bridgehead atoms. The van der Waals surface area contributed by atoms with E-state index < -0.39 is 11.7 Å². The first kappa shape index (κ1) is 18.6. The third-order valence-electron chi connectivity index (χ3n) is 4.21. The number of benzene rings is 3. The predicted octanol–water partition coefficient (Wildman–Crippen LogP) is 6.50. The van der Waals surface area contributed by atoms with Gasteiger partial charge in [0.2, 0.25) is 0 Å². The smallest absolute Gasteiger partial charge is 0.294 e. The number of carbonyl (C=O) groups excluding carboxylic acids is 1. The molecule has 0 aliphatic carbocycles. The monoisotopic (exact) mass is 366 g/mol. The molecule has 0 fully saturated rings. The van der Waals surface area contributed by atoms with E-state index in [-0.39, 0.29) is 16.9 Å². The summed E-state index contributed by atoms with van der Waals surface area (Å²) >= 11 is 0. The van der Waals surface area contributed by atoms with Crippen molar-refractivity contribution in [2.45, 2.75) is 13.1 Å². The van der Waals surface area contributed by atoms with Gasteiger partial charge >= 0.3 is 6.18 Å². The second-order valence-corrected chi connectivity index (χ2v) is 6.15. The topological polar surface area (TPSA) is 17.1 Å². The highest BCUT2D eigenvalue weighted by atomic mass is 19.4. The van der Waals surface area contributed by atoms with Crippen molar-refractivity contribution in [3.8, 4) is 0 Å². The van der Waals surface area contributed by atoms with Gasteiger partial charge in [-0.3, -0.25) is 4.79 Å². The Kier molecular flexibility index (Phi) is 5.26. The molecule has 0 saturated carbocycles. The number of halogens is 3. The van der Waals surface area contributed by atoms with Crippen molar-refractivity contribution in [2.75, 3.05) is 0 Å². The molecule has 1 nitrogen and oxygen atoms in total. The summed E-state index contributed by atoms with van der Waals surface area (Å²) in [6, 6.07) is 21.7. The van der Waals surface area contributed by atoms with Crippen molar-refractivity contribution in [1.29, 1.82) is 0 Å². The van der Waals surface area contributed by atoms with Crippen LogP contribution in [0.5, 0.6) is 0 Å². The molecule has 4 heteroatoms. The Balaban J connectivity index is 2.29. The molecule has 0 amide bonds. The summed E-state index contributed by atoms with van der Waals surface area (Å²) in [7, 11) is 0. The van der Waals surface area contributed by atoms with Gasteiger partial charge < -0.3 is 0 Å². The Morgan fingerprint density at radius 1 is 0.815 bits per heavy atom. The molecule has 0 aromatic heterocycles. The summed E-state index contributed by atoms with van der Waals surface area (Å²) in [5.41, 5.74) is 1.89. The van der Waals surface area contributed by atoms with Crippen molar-refractivity contribution in [3.63, 3.8) is 0 Å². The Labute approximate surface area is 155 Å². The average Bonchev–Trinajstić information content (AvgIpc) is 2.66. The van der Waals surface area contributed by atoms with E-state index in [1.54, 1.807) is 6.08 Å². The van der Waals surface area contributed by atoms with E-state index in [1.807, 2.05) is 60.7 Å². The number of ketones is 1. The van der Waals surface area contributed by atoms with Crippen LogP contribution in [0.3, 0.4) is 0 Å². The van der Waals surface area contributed by atoms with Crippen molar-refractivity contribution in [2.24, 2.45) is 0 Å². The van der Waals surface area contributed by atoms with E-state index >= 15 is 0 Å². The molecule has 0 saturated heterocycles. The number of rotatable bonds is 4. The van der Waals surface area contributed by atoms with E-state index in [4.69, 9.17) is 0 Å². The van der Waals surface area contributed by atoms with E-state index in [9.17, 15) is 18.0 Å². The molecule has 0 unspecified atom stereocenters. The Morgan fingerprint density at radius 3 is 1.96 bits per heavy atom. The number of Topliss-reactive ketones (excluding diaryl/α,β-unsaturated/α-hetero) is 1. The lowest BCUT2D eigenvalue weighted by atomic mass is 9.89. The third kappa shape index (κ3) is 4.34. The highest BCUT2D eigenvalue weighted by molar-refractivity contribution is 6.04. The minimum absolute atomic E-state index is 0.258. The van der Waals surface area contributed by atoms with Gasteiger partial charge in [-0.1, -0.05) is 66.7 Å². The quantitative estimate of drug-likeness (QED) is 0.381. The van der Waals surface area contributed by atoms with Gasteiger partial charge in [0.05, 0.1) is 5.56 Å². The molecule has 3 aromatic rings. The van der Waals surface area contributed by atoms with Gasteiger partial charge in [0.1, 0.15) is 0 Å². The third-order valence-corrected chi connectivity index (χ3v) is 4.21. The van der Waals surface area contributed by atoms with Gasteiger partial charge in [0, 0.05) is 5.56 Å². The van der Waals surface area contributed by atoms with Gasteiger partial charge in [-0.2, -0.15) is 13.2 Å². The number of carbonyl (C=O) groups is 1.